The second-order valence-electron chi connectivity index (χ2n) is 5.73. The third-order valence-corrected chi connectivity index (χ3v) is 4.46. The number of phenolic OH excluding ortho intramolecular Hbond substituents is 1. The topological polar surface area (TPSA) is 58.6 Å². The predicted octanol–water partition coefficient (Wildman–Crippen LogP) is 2.96. The molecule has 2 N–H and O–H groups in total. The molecule has 1 aromatic rings. The first-order chi connectivity index (χ1) is 9.52. The minimum Gasteiger partial charge on any atom is -0.504 e. The summed E-state index contributed by atoms with van der Waals surface area (Å²) >= 11 is 0. The normalized spacial score (nSPS) is 26.1. The zero-order valence-electron chi connectivity index (χ0n) is 12.3. The summed E-state index contributed by atoms with van der Waals surface area (Å²) in [6.07, 6.45) is 3.42. The number of rotatable bonds is 3. The van der Waals surface area contributed by atoms with Gasteiger partial charge in [-0.15, -0.1) is 0 Å². The quantitative estimate of drug-likeness (QED) is 0.893. The molecular formula is C16H23NO3. The third kappa shape index (κ3) is 3.06. The maximum atomic E-state index is 12.3. The first kappa shape index (κ1) is 14.7. The van der Waals surface area contributed by atoms with Crippen molar-refractivity contribution >= 4 is 5.91 Å². The molecule has 2 rings (SSSR count). The highest BCUT2D eigenvalue weighted by atomic mass is 16.5. The molecule has 4 nitrogen and oxygen atoms in total. The van der Waals surface area contributed by atoms with Gasteiger partial charge in [0.2, 0.25) is 0 Å². The highest BCUT2D eigenvalue weighted by molar-refractivity contribution is 5.95. The molecule has 1 fully saturated rings. The van der Waals surface area contributed by atoms with Crippen LogP contribution >= 0.6 is 0 Å². The van der Waals surface area contributed by atoms with Crippen molar-refractivity contribution < 1.29 is 14.6 Å². The Labute approximate surface area is 120 Å². The SMILES string of the molecule is COc1ccc(C(=O)NC2CCCC(C)C2C)cc1O. The van der Waals surface area contributed by atoms with Crippen LogP contribution in [-0.2, 0) is 0 Å². The van der Waals surface area contributed by atoms with Gasteiger partial charge in [0.1, 0.15) is 0 Å². The van der Waals surface area contributed by atoms with Crippen LogP contribution in [0, 0.1) is 11.8 Å². The van der Waals surface area contributed by atoms with Crippen LogP contribution in [0.25, 0.3) is 0 Å². The van der Waals surface area contributed by atoms with Gasteiger partial charge in [-0.25, -0.2) is 0 Å². The number of hydrogen-bond donors (Lipinski definition) is 2. The Hall–Kier alpha value is -1.71. The smallest absolute Gasteiger partial charge is 0.251 e. The number of nitrogens with one attached hydrogen (secondary N) is 1. The number of carbonyl (C=O) groups is 1. The van der Waals surface area contributed by atoms with Crippen molar-refractivity contribution in [3.8, 4) is 11.5 Å². The molecular weight excluding hydrogens is 254 g/mol. The Balaban J connectivity index is 2.06. The van der Waals surface area contributed by atoms with Gasteiger partial charge in [-0.05, 0) is 36.5 Å². The molecule has 0 spiro atoms. The number of ether oxygens (including phenoxy) is 1. The van der Waals surface area contributed by atoms with Crippen molar-refractivity contribution in [1.29, 1.82) is 0 Å². The molecule has 1 aromatic carbocycles. The summed E-state index contributed by atoms with van der Waals surface area (Å²) in [5.74, 6) is 1.36. The average Bonchev–Trinajstić information content (AvgIpc) is 2.43. The fourth-order valence-electron chi connectivity index (χ4n) is 2.87. The van der Waals surface area contributed by atoms with Crippen LogP contribution in [0.2, 0.25) is 0 Å². The molecule has 0 aliphatic heterocycles. The molecule has 0 heterocycles. The molecule has 4 heteroatoms. The van der Waals surface area contributed by atoms with E-state index in [1.165, 1.54) is 19.6 Å². The maximum Gasteiger partial charge on any atom is 0.251 e. The standard InChI is InChI=1S/C16H23NO3/c1-10-5-4-6-13(11(10)2)17-16(19)12-7-8-15(20-3)14(18)9-12/h7-11,13,18H,4-6H2,1-3H3,(H,17,19). The van der Waals surface area contributed by atoms with Crippen molar-refractivity contribution in [1.82, 2.24) is 5.32 Å². The van der Waals surface area contributed by atoms with E-state index in [9.17, 15) is 9.90 Å². The largest absolute Gasteiger partial charge is 0.504 e. The van der Waals surface area contributed by atoms with Gasteiger partial charge in [-0.2, -0.15) is 0 Å². The molecule has 0 radical (unpaired) electrons. The maximum absolute atomic E-state index is 12.3. The number of amides is 1. The zero-order valence-corrected chi connectivity index (χ0v) is 12.3. The lowest BCUT2D eigenvalue weighted by molar-refractivity contribution is 0.0890. The number of carbonyl (C=O) groups excluding carboxylic acids is 1. The molecule has 20 heavy (non-hydrogen) atoms. The molecule has 110 valence electrons. The lowest BCUT2D eigenvalue weighted by Crippen LogP contribution is -2.43. The van der Waals surface area contributed by atoms with Gasteiger partial charge in [0, 0.05) is 11.6 Å². The van der Waals surface area contributed by atoms with E-state index in [2.05, 4.69) is 19.2 Å². The lowest BCUT2D eigenvalue weighted by Gasteiger charge is -2.34. The average molecular weight is 277 g/mol. The summed E-state index contributed by atoms with van der Waals surface area (Å²) in [7, 11) is 1.49. The van der Waals surface area contributed by atoms with Gasteiger partial charge in [0.15, 0.2) is 11.5 Å². The van der Waals surface area contributed by atoms with E-state index in [4.69, 9.17) is 4.74 Å². The van der Waals surface area contributed by atoms with Crippen LogP contribution in [0.1, 0.15) is 43.5 Å². The summed E-state index contributed by atoms with van der Waals surface area (Å²) in [6, 6.07) is 4.95. The highest BCUT2D eigenvalue weighted by Gasteiger charge is 2.28. The molecule has 3 atom stereocenters. The first-order valence-electron chi connectivity index (χ1n) is 7.20. The van der Waals surface area contributed by atoms with Gasteiger partial charge < -0.3 is 15.2 Å². The minimum absolute atomic E-state index is 0.00906. The monoisotopic (exact) mass is 277 g/mol. The summed E-state index contributed by atoms with van der Waals surface area (Å²) in [4.78, 5) is 12.3. The fraction of sp³-hybridized carbons (Fsp3) is 0.562. The van der Waals surface area contributed by atoms with E-state index in [0.29, 0.717) is 23.1 Å². The lowest BCUT2D eigenvalue weighted by atomic mass is 9.78. The molecule has 1 aliphatic rings. The Kier molecular flexibility index (Phi) is 4.53. The second-order valence-corrected chi connectivity index (χ2v) is 5.73. The number of hydrogen-bond acceptors (Lipinski definition) is 3. The van der Waals surface area contributed by atoms with Gasteiger partial charge >= 0.3 is 0 Å². The fourth-order valence-corrected chi connectivity index (χ4v) is 2.87. The van der Waals surface area contributed by atoms with Crippen molar-refractivity contribution in [3.05, 3.63) is 23.8 Å². The molecule has 0 saturated heterocycles. The van der Waals surface area contributed by atoms with Gasteiger partial charge in [0.05, 0.1) is 7.11 Å². The van der Waals surface area contributed by atoms with Gasteiger partial charge in [0.25, 0.3) is 5.91 Å². The van der Waals surface area contributed by atoms with Crippen molar-refractivity contribution in [3.63, 3.8) is 0 Å². The molecule has 0 bridgehead atoms. The predicted molar refractivity (Wildman–Crippen MR) is 78.1 cm³/mol. The van der Waals surface area contributed by atoms with E-state index >= 15 is 0 Å². The van der Waals surface area contributed by atoms with Crippen molar-refractivity contribution in [2.75, 3.05) is 7.11 Å². The summed E-state index contributed by atoms with van der Waals surface area (Å²) < 4.78 is 4.98. The minimum atomic E-state index is -0.131. The third-order valence-electron chi connectivity index (χ3n) is 4.46. The van der Waals surface area contributed by atoms with Crippen LogP contribution in [-0.4, -0.2) is 24.2 Å². The van der Waals surface area contributed by atoms with E-state index < -0.39 is 0 Å². The number of benzene rings is 1. The number of phenols is 1. The molecule has 0 aromatic heterocycles. The Bertz CT molecular complexity index is 487. The van der Waals surface area contributed by atoms with Crippen molar-refractivity contribution in [2.24, 2.45) is 11.8 Å². The molecule has 3 unspecified atom stereocenters. The van der Waals surface area contributed by atoms with Crippen LogP contribution in [0.15, 0.2) is 18.2 Å². The molecule has 1 saturated carbocycles. The van der Waals surface area contributed by atoms with E-state index in [1.54, 1.807) is 12.1 Å². The van der Waals surface area contributed by atoms with Gasteiger partial charge in [-0.1, -0.05) is 26.7 Å². The summed E-state index contributed by atoms with van der Waals surface area (Å²) in [5.41, 5.74) is 0.466. The summed E-state index contributed by atoms with van der Waals surface area (Å²) in [6.45, 7) is 4.43. The van der Waals surface area contributed by atoms with E-state index in [0.717, 1.165) is 12.8 Å². The van der Waals surface area contributed by atoms with Crippen LogP contribution in [0.3, 0.4) is 0 Å². The Morgan fingerprint density at radius 3 is 2.75 bits per heavy atom. The number of methoxy groups -OCH3 is 1. The molecule has 1 aliphatic carbocycles. The van der Waals surface area contributed by atoms with Crippen LogP contribution in [0.4, 0.5) is 0 Å². The molecule has 1 amide bonds. The Morgan fingerprint density at radius 1 is 1.35 bits per heavy atom. The first-order valence-corrected chi connectivity index (χ1v) is 7.20. The van der Waals surface area contributed by atoms with Gasteiger partial charge in [-0.3, -0.25) is 4.79 Å². The van der Waals surface area contributed by atoms with Crippen LogP contribution < -0.4 is 10.1 Å². The zero-order chi connectivity index (χ0) is 14.7. The highest BCUT2D eigenvalue weighted by Crippen LogP contribution is 2.30. The summed E-state index contributed by atoms with van der Waals surface area (Å²) in [5, 5.41) is 12.8. The Morgan fingerprint density at radius 2 is 2.10 bits per heavy atom. The second kappa shape index (κ2) is 6.16. The number of aromatic hydroxyl groups is 1. The van der Waals surface area contributed by atoms with E-state index in [1.807, 2.05) is 0 Å². The van der Waals surface area contributed by atoms with E-state index in [-0.39, 0.29) is 17.7 Å². The van der Waals surface area contributed by atoms with Crippen LogP contribution in [0.5, 0.6) is 11.5 Å². The van der Waals surface area contributed by atoms with Crippen molar-refractivity contribution in [2.45, 2.75) is 39.2 Å².